The van der Waals surface area contributed by atoms with Gasteiger partial charge in [0.05, 0.1) is 5.02 Å². The molecule has 192 valence electrons. The predicted molar refractivity (Wildman–Crippen MR) is 137 cm³/mol. The molecule has 2 aromatic carbocycles. The molecule has 10 nitrogen and oxygen atoms in total. The predicted octanol–water partition coefficient (Wildman–Crippen LogP) is 3.24. The number of rotatable bonds is 7. The van der Waals surface area contributed by atoms with E-state index >= 15 is 0 Å². The molecule has 0 atom stereocenters. The highest BCUT2D eigenvalue weighted by molar-refractivity contribution is 7.93. The first-order valence-electron chi connectivity index (χ1n) is 10.7. The molecular weight excluding hydrogens is 510 g/mol. The maximum absolute atomic E-state index is 12.8. The van der Waals surface area contributed by atoms with Crippen molar-refractivity contribution in [1.29, 1.82) is 0 Å². The van der Waals surface area contributed by atoms with Crippen molar-refractivity contribution >= 4 is 50.3 Å². The molecule has 1 aromatic heterocycles. The Labute approximate surface area is 213 Å². The molecule has 1 N–H and O–H groups in total. The van der Waals surface area contributed by atoms with Crippen molar-refractivity contribution < 1.29 is 27.2 Å². The average molecular weight is 536 g/mol. The number of benzene rings is 2. The molecule has 0 aliphatic rings. The summed E-state index contributed by atoms with van der Waals surface area (Å²) in [5.74, 6) is -1.18. The SMILES string of the molecule is Cc1c(Cc2cccc(NS(=O)(=O)CC(=O)N(C)C)c2)c(=O)oc2cc(OC(=O)N(C)C)c(Cl)cc12. The number of sulfonamides is 1. The minimum Gasteiger partial charge on any atom is -0.422 e. The largest absolute Gasteiger partial charge is 0.422 e. The Bertz CT molecular complexity index is 1500. The van der Waals surface area contributed by atoms with Crippen LogP contribution in [0, 0.1) is 6.92 Å². The third kappa shape index (κ3) is 6.35. The fourth-order valence-electron chi connectivity index (χ4n) is 3.31. The van der Waals surface area contributed by atoms with Crippen molar-refractivity contribution in [3.05, 3.63) is 68.5 Å². The molecule has 0 fully saturated rings. The molecule has 2 amide bonds. The quantitative estimate of drug-likeness (QED) is 0.460. The van der Waals surface area contributed by atoms with E-state index in [2.05, 4.69) is 4.72 Å². The van der Waals surface area contributed by atoms with E-state index in [1.807, 2.05) is 0 Å². The summed E-state index contributed by atoms with van der Waals surface area (Å²) < 4.78 is 37.8. The van der Waals surface area contributed by atoms with Crippen molar-refractivity contribution in [2.75, 3.05) is 38.7 Å². The Morgan fingerprint density at radius 2 is 1.78 bits per heavy atom. The number of nitrogens with zero attached hydrogens (tertiary/aromatic N) is 2. The van der Waals surface area contributed by atoms with E-state index in [9.17, 15) is 22.8 Å². The van der Waals surface area contributed by atoms with E-state index in [-0.39, 0.29) is 28.5 Å². The summed E-state index contributed by atoms with van der Waals surface area (Å²) in [4.78, 5) is 38.9. The standard InChI is InChI=1S/C24H26ClN3O7S/c1-14-17-11-19(25)21(35-24(31)28(4)5)12-20(17)34-23(30)18(14)10-15-7-6-8-16(9-15)26-36(32,33)13-22(29)27(2)3/h6-9,11-12,26H,10,13H2,1-5H3. The smallest absolute Gasteiger partial charge is 0.414 e. The van der Waals surface area contributed by atoms with Gasteiger partial charge in [0.25, 0.3) is 0 Å². The highest BCUT2D eigenvalue weighted by atomic mass is 35.5. The van der Waals surface area contributed by atoms with Gasteiger partial charge in [-0.1, -0.05) is 23.7 Å². The van der Waals surface area contributed by atoms with E-state index in [0.717, 1.165) is 0 Å². The van der Waals surface area contributed by atoms with Crippen LogP contribution in [-0.4, -0.2) is 64.2 Å². The second-order valence-corrected chi connectivity index (χ2v) is 10.7. The summed E-state index contributed by atoms with van der Waals surface area (Å²) >= 11 is 6.31. The molecule has 0 bridgehead atoms. The van der Waals surface area contributed by atoms with Gasteiger partial charge >= 0.3 is 11.7 Å². The normalized spacial score (nSPS) is 11.3. The summed E-state index contributed by atoms with van der Waals surface area (Å²) in [6.45, 7) is 1.75. The zero-order valence-electron chi connectivity index (χ0n) is 20.4. The molecule has 3 aromatic rings. The van der Waals surface area contributed by atoms with E-state index < -0.39 is 33.4 Å². The topological polar surface area (TPSA) is 126 Å². The third-order valence-electron chi connectivity index (χ3n) is 5.30. The highest BCUT2D eigenvalue weighted by Gasteiger charge is 2.19. The third-order valence-corrected chi connectivity index (χ3v) is 6.76. The Morgan fingerprint density at radius 1 is 1.08 bits per heavy atom. The summed E-state index contributed by atoms with van der Waals surface area (Å²) in [7, 11) is 2.08. The van der Waals surface area contributed by atoms with Crippen LogP contribution in [0.1, 0.15) is 16.7 Å². The van der Waals surface area contributed by atoms with Crippen LogP contribution in [0.2, 0.25) is 5.02 Å². The fraction of sp³-hybridized carbons (Fsp3) is 0.292. The maximum Gasteiger partial charge on any atom is 0.414 e. The first-order chi connectivity index (χ1) is 16.8. The van der Waals surface area contributed by atoms with Crippen LogP contribution in [0.4, 0.5) is 10.5 Å². The lowest BCUT2D eigenvalue weighted by molar-refractivity contribution is -0.125. The molecule has 0 saturated heterocycles. The zero-order valence-corrected chi connectivity index (χ0v) is 22.0. The molecule has 36 heavy (non-hydrogen) atoms. The second kappa shape index (κ2) is 10.6. The van der Waals surface area contributed by atoms with Crippen LogP contribution >= 0.6 is 11.6 Å². The van der Waals surface area contributed by atoms with E-state index in [0.29, 0.717) is 22.1 Å². The molecule has 0 unspecified atom stereocenters. The molecule has 0 saturated carbocycles. The van der Waals surface area contributed by atoms with Gasteiger partial charge in [-0.15, -0.1) is 0 Å². The van der Waals surface area contributed by atoms with Gasteiger partial charge in [-0.3, -0.25) is 9.52 Å². The summed E-state index contributed by atoms with van der Waals surface area (Å²) in [5, 5.41) is 0.739. The van der Waals surface area contributed by atoms with Crippen LogP contribution < -0.4 is 15.1 Å². The summed E-state index contributed by atoms with van der Waals surface area (Å²) in [5.41, 5.74) is 1.51. The van der Waals surface area contributed by atoms with Crippen molar-refractivity contribution in [3.8, 4) is 5.75 Å². The molecule has 0 aliphatic heterocycles. The van der Waals surface area contributed by atoms with Gasteiger partial charge in [0, 0.05) is 57.3 Å². The number of carbonyl (C=O) groups is 2. The van der Waals surface area contributed by atoms with E-state index in [4.69, 9.17) is 20.8 Å². The van der Waals surface area contributed by atoms with E-state index in [1.165, 1.54) is 44.1 Å². The number of ether oxygens (including phenoxy) is 1. The number of carbonyl (C=O) groups excluding carboxylic acids is 2. The molecule has 1 heterocycles. The van der Waals surface area contributed by atoms with Crippen LogP contribution in [-0.2, 0) is 21.2 Å². The molecule has 0 radical (unpaired) electrons. The number of aryl methyl sites for hydroxylation is 1. The second-order valence-electron chi connectivity index (χ2n) is 8.56. The Kier molecular flexibility index (Phi) is 7.95. The highest BCUT2D eigenvalue weighted by Crippen LogP contribution is 2.32. The van der Waals surface area contributed by atoms with Gasteiger partial charge in [-0.05, 0) is 36.2 Å². The van der Waals surface area contributed by atoms with Crippen molar-refractivity contribution in [2.24, 2.45) is 0 Å². The number of hydrogen-bond acceptors (Lipinski definition) is 7. The van der Waals surface area contributed by atoms with Gasteiger partial charge in [0.2, 0.25) is 15.9 Å². The first kappa shape index (κ1) is 27.0. The van der Waals surface area contributed by atoms with Crippen LogP contribution in [0.3, 0.4) is 0 Å². The lowest BCUT2D eigenvalue weighted by atomic mass is 9.99. The van der Waals surface area contributed by atoms with Crippen LogP contribution in [0.5, 0.6) is 5.75 Å². The van der Waals surface area contributed by atoms with Crippen molar-refractivity contribution in [3.63, 3.8) is 0 Å². The number of hydrogen-bond donors (Lipinski definition) is 1. The number of amides is 2. The van der Waals surface area contributed by atoms with Gasteiger partial charge in [0.15, 0.2) is 5.75 Å². The number of halogens is 1. The minimum atomic E-state index is -3.91. The minimum absolute atomic E-state index is 0.0610. The van der Waals surface area contributed by atoms with Crippen molar-refractivity contribution in [2.45, 2.75) is 13.3 Å². The van der Waals surface area contributed by atoms with E-state index in [1.54, 1.807) is 37.3 Å². The monoisotopic (exact) mass is 535 g/mol. The van der Waals surface area contributed by atoms with Gasteiger partial charge < -0.3 is 19.0 Å². The Hall–Kier alpha value is -3.57. The molecule has 0 aliphatic carbocycles. The van der Waals surface area contributed by atoms with Crippen molar-refractivity contribution in [1.82, 2.24) is 9.80 Å². The van der Waals surface area contributed by atoms with Crippen LogP contribution in [0.25, 0.3) is 11.0 Å². The lowest BCUT2D eigenvalue weighted by Crippen LogP contribution is -2.32. The molecular formula is C24H26ClN3O7S. The average Bonchev–Trinajstić information content (AvgIpc) is 2.77. The molecule has 12 heteroatoms. The maximum atomic E-state index is 12.8. The molecule has 3 rings (SSSR count). The fourth-order valence-corrected chi connectivity index (χ4v) is 4.66. The number of nitrogens with one attached hydrogen (secondary N) is 1. The van der Waals surface area contributed by atoms with Gasteiger partial charge in [-0.2, -0.15) is 0 Å². The Balaban J connectivity index is 1.91. The summed E-state index contributed by atoms with van der Waals surface area (Å²) in [6, 6.07) is 9.46. The lowest BCUT2D eigenvalue weighted by Gasteiger charge is -2.14. The number of fused-ring (bicyclic) bond motifs is 1. The summed E-state index contributed by atoms with van der Waals surface area (Å²) in [6.07, 6.45) is -0.473. The molecule has 0 spiro atoms. The number of anilines is 1. The van der Waals surface area contributed by atoms with Gasteiger partial charge in [-0.25, -0.2) is 18.0 Å². The zero-order chi connectivity index (χ0) is 26.8. The van der Waals surface area contributed by atoms with Gasteiger partial charge in [0.1, 0.15) is 11.3 Å². The van der Waals surface area contributed by atoms with Crippen LogP contribution in [0.15, 0.2) is 45.6 Å². The first-order valence-corrected chi connectivity index (χ1v) is 12.7. The Morgan fingerprint density at radius 3 is 2.42 bits per heavy atom.